The van der Waals surface area contributed by atoms with Crippen LogP contribution in [0.15, 0.2) is 6.33 Å². The number of methoxy groups -OCH3 is 1. The molecule has 1 aromatic heterocycles. The number of piperidine rings is 1. The van der Waals surface area contributed by atoms with Gasteiger partial charge in [0.05, 0.1) is 23.6 Å². The van der Waals surface area contributed by atoms with Crippen molar-refractivity contribution < 1.29 is 14.3 Å². The smallest absolute Gasteiger partial charge is 0.258 e. The van der Waals surface area contributed by atoms with Crippen molar-refractivity contribution in [3.05, 3.63) is 23.3 Å². The first-order chi connectivity index (χ1) is 12.0. The SMILES string of the molecule is COCCN1CCCC2(CCCN2C(=O)c2c(C)ncnc2C)C1=O. The van der Waals surface area contributed by atoms with Crippen LogP contribution in [0.3, 0.4) is 0 Å². The van der Waals surface area contributed by atoms with Gasteiger partial charge in [0.2, 0.25) is 5.91 Å². The molecule has 0 aliphatic carbocycles. The second-order valence-electron chi connectivity index (χ2n) is 6.90. The highest BCUT2D eigenvalue weighted by Crippen LogP contribution is 2.39. The van der Waals surface area contributed by atoms with Crippen LogP contribution in [0, 0.1) is 13.8 Å². The van der Waals surface area contributed by atoms with Crippen LogP contribution in [-0.4, -0.2) is 70.5 Å². The van der Waals surface area contributed by atoms with Gasteiger partial charge >= 0.3 is 0 Å². The molecule has 0 bridgehead atoms. The maximum Gasteiger partial charge on any atom is 0.258 e. The van der Waals surface area contributed by atoms with Crippen LogP contribution >= 0.6 is 0 Å². The lowest BCUT2D eigenvalue weighted by molar-refractivity contribution is -0.146. The number of hydrogen-bond donors (Lipinski definition) is 0. The number of carbonyl (C=O) groups is 2. The first-order valence-electron chi connectivity index (χ1n) is 8.90. The Morgan fingerprint density at radius 1 is 1.20 bits per heavy atom. The van der Waals surface area contributed by atoms with Crippen LogP contribution in [0.5, 0.6) is 0 Å². The number of likely N-dealkylation sites (tertiary alicyclic amines) is 2. The minimum atomic E-state index is -0.711. The average molecular weight is 346 g/mol. The molecule has 2 fully saturated rings. The number of nitrogens with zero attached hydrogens (tertiary/aromatic N) is 4. The largest absolute Gasteiger partial charge is 0.383 e. The normalized spacial score (nSPS) is 23.6. The Hall–Kier alpha value is -2.02. The zero-order valence-corrected chi connectivity index (χ0v) is 15.2. The lowest BCUT2D eigenvalue weighted by atomic mass is 9.85. The molecule has 136 valence electrons. The Balaban J connectivity index is 1.91. The summed E-state index contributed by atoms with van der Waals surface area (Å²) in [6, 6.07) is 0. The molecule has 3 heterocycles. The van der Waals surface area contributed by atoms with Crippen LogP contribution in [0.1, 0.15) is 47.4 Å². The maximum absolute atomic E-state index is 13.3. The Morgan fingerprint density at radius 3 is 2.48 bits per heavy atom. The molecule has 2 saturated heterocycles. The van der Waals surface area contributed by atoms with Gasteiger partial charge in [-0.15, -0.1) is 0 Å². The van der Waals surface area contributed by atoms with Crippen molar-refractivity contribution in [2.45, 2.75) is 45.1 Å². The van der Waals surface area contributed by atoms with E-state index in [1.54, 1.807) is 12.0 Å². The molecule has 2 aliphatic heterocycles. The molecule has 3 rings (SSSR count). The summed E-state index contributed by atoms with van der Waals surface area (Å²) in [6.45, 7) is 6.07. The quantitative estimate of drug-likeness (QED) is 0.822. The third kappa shape index (κ3) is 3.01. The lowest BCUT2D eigenvalue weighted by Gasteiger charge is -2.44. The maximum atomic E-state index is 13.3. The summed E-state index contributed by atoms with van der Waals surface area (Å²) in [6.07, 6.45) is 4.68. The number of amides is 2. The van der Waals surface area contributed by atoms with Crippen LogP contribution < -0.4 is 0 Å². The van der Waals surface area contributed by atoms with Crippen LogP contribution in [0.25, 0.3) is 0 Å². The molecular formula is C18H26N4O3. The van der Waals surface area contributed by atoms with Gasteiger partial charge in [-0.25, -0.2) is 9.97 Å². The molecule has 1 atom stereocenters. The molecule has 1 unspecified atom stereocenters. The molecule has 7 heteroatoms. The molecule has 0 aromatic carbocycles. The van der Waals surface area contributed by atoms with Crippen molar-refractivity contribution in [2.24, 2.45) is 0 Å². The summed E-state index contributed by atoms with van der Waals surface area (Å²) in [5, 5.41) is 0. The first kappa shape index (κ1) is 17.8. The number of aromatic nitrogens is 2. The van der Waals surface area contributed by atoms with E-state index in [1.807, 2.05) is 18.7 Å². The number of aryl methyl sites for hydroxylation is 2. The predicted molar refractivity (Wildman–Crippen MR) is 92.2 cm³/mol. The highest BCUT2D eigenvalue weighted by atomic mass is 16.5. The molecular weight excluding hydrogens is 320 g/mol. The van der Waals surface area contributed by atoms with Gasteiger partial charge in [0, 0.05) is 26.7 Å². The summed E-state index contributed by atoms with van der Waals surface area (Å²) in [5.41, 5.74) is 1.15. The summed E-state index contributed by atoms with van der Waals surface area (Å²) in [7, 11) is 1.64. The third-order valence-corrected chi connectivity index (χ3v) is 5.44. The number of rotatable bonds is 4. The zero-order valence-electron chi connectivity index (χ0n) is 15.2. The van der Waals surface area contributed by atoms with E-state index in [9.17, 15) is 9.59 Å². The highest BCUT2D eigenvalue weighted by molar-refractivity contribution is 6.01. The summed E-state index contributed by atoms with van der Waals surface area (Å²) >= 11 is 0. The molecule has 2 aliphatic rings. The van der Waals surface area contributed by atoms with E-state index in [0.29, 0.717) is 36.6 Å². The van der Waals surface area contributed by atoms with E-state index >= 15 is 0 Å². The molecule has 0 N–H and O–H groups in total. The van der Waals surface area contributed by atoms with Gasteiger partial charge in [0.25, 0.3) is 5.91 Å². The van der Waals surface area contributed by atoms with Crippen molar-refractivity contribution in [1.82, 2.24) is 19.8 Å². The minimum absolute atomic E-state index is 0.0637. The fraction of sp³-hybridized carbons (Fsp3) is 0.667. The first-order valence-corrected chi connectivity index (χ1v) is 8.90. The topological polar surface area (TPSA) is 75.6 Å². The monoisotopic (exact) mass is 346 g/mol. The second-order valence-corrected chi connectivity index (χ2v) is 6.90. The third-order valence-electron chi connectivity index (χ3n) is 5.44. The number of carbonyl (C=O) groups excluding carboxylic acids is 2. The molecule has 0 saturated carbocycles. The predicted octanol–water partition coefficient (Wildman–Crippen LogP) is 1.34. The second kappa shape index (κ2) is 7.07. The van der Waals surface area contributed by atoms with E-state index in [4.69, 9.17) is 4.74 Å². The molecule has 7 nitrogen and oxygen atoms in total. The van der Waals surface area contributed by atoms with Crippen molar-refractivity contribution in [1.29, 1.82) is 0 Å². The summed E-state index contributed by atoms with van der Waals surface area (Å²) in [5.74, 6) is -0.0520. The van der Waals surface area contributed by atoms with Crippen molar-refractivity contribution >= 4 is 11.8 Å². The van der Waals surface area contributed by atoms with Crippen LogP contribution in [-0.2, 0) is 9.53 Å². The fourth-order valence-electron chi connectivity index (χ4n) is 4.17. The zero-order chi connectivity index (χ0) is 18.0. The van der Waals surface area contributed by atoms with Gasteiger partial charge in [0.1, 0.15) is 11.9 Å². The van der Waals surface area contributed by atoms with Gasteiger partial charge in [-0.2, -0.15) is 0 Å². The average Bonchev–Trinajstić information content (AvgIpc) is 3.00. The van der Waals surface area contributed by atoms with E-state index in [1.165, 1.54) is 6.33 Å². The lowest BCUT2D eigenvalue weighted by Crippen LogP contribution is -2.61. The summed E-state index contributed by atoms with van der Waals surface area (Å²) in [4.78, 5) is 38.5. The highest BCUT2D eigenvalue weighted by Gasteiger charge is 2.53. The van der Waals surface area contributed by atoms with Gasteiger partial charge in [-0.05, 0) is 39.5 Å². The van der Waals surface area contributed by atoms with Crippen molar-refractivity contribution in [3.63, 3.8) is 0 Å². The Bertz CT molecular complexity index is 658. The molecule has 2 amide bonds. The van der Waals surface area contributed by atoms with E-state index in [2.05, 4.69) is 9.97 Å². The van der Waals surface area contributed by atoms with Gasteiger partial charge in [-0.3, -0.25) is 9.59 Å². The Morgan fingerprint density at radius 2 is 1.84 bits per heavy atom. The standard InChI is InChI=1S/C18H26N4O3/c1-13-15(14(2)20-12-19-13)16(23)22-9-5-7-18(22)6-4-8-21(17(18)24)10-11-25-3/h12H,4-11H2,1-3H3. The van der Waals surface area contributed by atoms with E-state index in [-0.39, 0.29) is 11.8 Å². The number of hydrogen-bond acceptors (Lipinski definition) is 5. The van der Waals surface area contributed by atoms with Crippen molar-refractivity contribution in [3.8, 4) is 0 Å². The Labute approximate surface area is 148 Å². The van der Waals surface area contributed by atoms with Gasteiger partial charge in [-0.1, -0.05) is 0 Å². The van der Waals surface area contributed by atoms with Crippen LogP contribution in [0.4, 0.5) is 0 Å². The van der Waals surface area contributed by atoms with Gasteiger partial charge in [0.15, 0.2) is 0 Å². The molecule has 25 heavy (non-hydrogen) atoms. The summed E-state index contributed by atoms with van der Waals surface area (Å²) < 4.78 is 5.13. The van der Waals surface area contributed by atoms with Gasteiger partial charge < -0.3 is 14.5 Å². The fourth-order valence-corrected chi connectivity index (χ4v) is 4.17. The Kier molecular flexibility index (Phi) is 5.03. The van der Waals surface area contributed by atoms with Crippen molar-refractivity contribution in [2.75, 3.05) is 33.4 Å². The van der Waals surface area contributed by atoms with E-state index < -0.39 is 5.54 Å². The van der Waals surface area contributed by atoms with E-state index in [0.717, 1.165) is 32.2 Å². The molecule has 0 radical (unpaired) electrons. The molecule has 1 aromatic rings. The number of ether oxygens (including phenoxy) is 1. The minimum Gasteiger partial charge on any atom is -0.383 e. The molecule has 1 spiro atoms. The van der Waals surface area contributed by atoms with Crippen LogP contribution in [0.2, 0.25) is 0 Å².